The van der Waals surface area contributed by atoms with E-state index in [1.54, 1.807) is 49.6 Å². The van der Waals surface area contributed by atoms with E-state index in [-0.39, 0.29) is 17.9 Å². The Kier molecular flexibility index (Phi) is 5.36. The third-order valence-electron chi connectivity index (χ3n) is 5.21. The molecular weight excluding hydrogens is 384 g/mol. The number of hydrogen-bond donors (Lipinski definition) is 1. The minimum atomic E-state index is -0.177. The van der Waals surface area contributed by atoms with Crippen molar-refractivity contribution in [2.75, 3.05) is 19.0 Å². The standard InChI is InChI=1S/C23H22N2O3S/c1-15(26)25-13-11-21-20(12-14-29-21)22(25)16-3-7-18(8-4-16)24-23(27)17-5-9-19(28-2)10-6-17/h3-10,12,14,22H,11,13H2,1-2H3,(H,24,27)/t22-/m1/s1. The molecule has 2 aromatic carbocycles. The summed E-state index contributed by atoms with van der Waals surface area (Å²) in [5.74, 6) is 0.605. The molecule has 0 saturated carbocycles. The zero-order valence-electron chi connectivity index (χ0n) is 16.3. The average molecular weight is 407 g/mol. The van der Waals surface area contributed by atoms with Gasteiger partial charge in [0.15, 0.2) is 0 Å². The molecule has 6 heteroatoms. The first-order chi connectivity index (χ1) is 14.1. The number of benzene rings is 2. The molecule has 0 aliphatic carbocycles. The third kappa shape index (κ3) is 3.89. The van der Waals surface area contributed by atoms with Crippen LogP contribution in [0.15, 0.2) is 60.0 Å². The quantitative estimate of drug-likeness (QED) is 0.694. The Morgan fingerprint density at radius 2 is 1.79 bits per heavy atom. The van der Waals surface area contributed by atoms with Gasteiger partial charge >= 0.3 is 0 Å². The molecule has 3 aromatic rings. The maximum Gasteiger partial charge on any atom is 0.255 e. The van der Waals surface area contributed by atoms with Crippen LogP contribution in [0, 0.1) is 0 Å². The van der Waals surface area contributed by atoms with E-state index in [2.05, 4.69) is 16.8 Å². The Morgan fingerprint density at radius 3 is 2.45 bits per heavy atom. The number of rotatable bonds is 4. The summed E-state index contributed by atoms with van der Waals surface area (Å²) in [6.45, 7) is 2.34. The number of carbonyl (C=O) groups is 2. The summed E-state index contributed by atoms with van der Waals surface area (Å²) in [7, 11) is 1.59. The summed E-state index contributed by atoms with van der Waals surface area (Å²) in [5.41, 5.74) is 3.52. The molecule has 0 bridgehead atoms. The van der Waals surface area contributed by atoms with Gasteiger partial charge < -0.3 is 15.0 Å². The zero-order valence-corrected chi connectivity index (χ0v) is 17.2. The fraction of sp³-hybridized carbons (Fsp3) is 0.217. The second-order valence-electron chi connectivity index (χ2n) is 6.97. The first-order valence-electron chi connectivity index (χ1n) is 9.45. The van der Waals surface area contributed by atoms with Crippen LogP contribution in [0.2, 0.25) is 0 Å². The molecule has 1 aromatic heterocycles. The number of fused-ring (bicyclic) bond motifs is 1. The fourth-order valence-electron chi connectivity index (χ4n) is 3.71. The molecule has 0 fully saturated rings. The normalized spacial score (nSPS) is 15.5. The van der Waals surface area contributed by atoms with Crippen LogP contribution in [-0.4, -0.2) is 30.4 Å². The van der Waals surface area contributed by atoms with Crippen LogP contribution >= 0.6 is 11.3 Å². The maximum absolute atomic E-state index is 12.5. The van der Waals surface area contributed by atoms with Crippen molar-refractivity contribution in [2.24, 2.45) is 0 Å². The number of anilines is 1. The third-order valence-corrected chi connectivity index (χ3v) is 6.20. The predicted octanol–water partition coefficient (Wildman–Crippen LogP) is 4.50. The molecule has 148 valence electrons. The van der Waals surface area contributed by atoms with Crippen molar-refractivity contribution in [3.63, 3.8) is 0 Å². The van der Waals surface area contributed by atoms with Crippen LogP contribution in [0.4, 0.5) is 5.69 Å². The van der Waals surface area contributed by atoms with E-state index < -0.39 is 0 Å². The summed E-state index contributed by atoms with van der Waals surface area (Å²) in [6.07, 6.45) is 0.902. The second-order valence-corrected chi connectivity index (χ2v) is 7.97. The van der Waals surface area contributed by atoms with Crippen molar-refractivity contribution < 1.29 is 14.3 Å². The Balaban J connectivity index is 1.54. The molecule has 1 N–H and O–H groups in total. The minimum Gasteiger partial charge on any atom is -0.497 e. The topological polar surface area (TPSA) is 58.6 Å². The summed E-state index contributed by atoms with van der Waals surface area (Å²) >= 11 is 1.75. The number of nitrogens with zero attached hydrogens (tertiary/aromatic N) is 1. The van der Waals surface area contributed by atoms with Crippen molar-refractivity contribution in [2.45, 2.75) is 19.4 Å². The molecule has 0 saturated heterocycles. The van der Waals surface area contributed by atoms with Gasteiger partial charge in [-0.05, 0) is 65.4 Å². The van der Waals surface area contributed by atoms with Crippen molar-refractivity contribution in [1.29, 1.82) is 0 Å². The highest BCUT2D eigenvalue weighted by Crippen LogP contribution is 2.38. The van der Waals surface area contributed by atoms with Crippen LogP contribution in [0.5, 0.6) is 5.75 Å². The van der Waals surface area contributed by atoms with E-state index in [0.29, 0.717) is 17.0 Å². The van der Waals surface area contributed by atoms with E-state index in [1.165, 1.54) is 10.4 Å². The fourth-order valence-corrected chi connectivity index (χ4v) is 4.61. The van der Waals surface area contributed by atoms with Gasteiger partial charge in [-0.25, -0.2) is 0 Å². The molecule has 0 unspecified atom stereocenters. The molecule has 4 rings (SSSR count). The van der Waals surface area contributed by atoms with Crippen LogP contribution in [-0.2, 0) is 11.2 Å². The number of amides is 2. The molecule has 0 radical (unpaired) electrons. The van der Waals surface area contributed by atoms with Crippen molar-refractivity contribution in [3.8, 4) is 5.75 Å². The van der Waals surface area contributed by atoms with E-state index in [1.807, 2.05) is 29.2 Å². The summed E-state index contributed by atoms with van der Waals surface area (Å²) < 4.78 is 5.12. The molecule has 1 atom stereocenters. The highest BCUT2D eigenvalue weighted by Gasteiger charge is 2.31. The number of carbonyl (C=O) groups excluding carboxylic acids is 2. The highest BCUT2D eigenvalue weighted by molar-refractivity contribution is 7.10. The first kappa shape index (κ1) is 19.2. The van der Waals surface area contributed by atoms with E-state index in [0.717, 1.165) is 18.5 Å². The lowest BCUT2D eigenvalue weighted by Crippen LogP contribution is -2.38. The average Bonchev–Trinajstić information content (AvgIpc) is 3.22. The molecule has 1 aliphatic rings. The van der Waals surface area contributed by atoms with Gasteiger partial charge in [-0.3, -0.25) is 9.59 Å². The number of nitrogens with one attached hydrogen (secondary N) is 1. The Morgan fingerprint density at radius 1 is 1.07 bits per heavy atom. The Bertz CT molecular complexity index is 1030. The van der Waals surface area contributed by atoms with Gasteiger partial charge in [0.25, 0.3) is 5.91 Å². The van der Waals surface area contributed by atoms with E-state index in [9.17, 15) is 9.59 Å². The van der Waals surface area contributed by atoms with Crippen LogP contribution in [0.25, 0.3) is 0 Å². The van der Waals surface area contributed by atoms with Crippen LogP contribution < -0.4 is 10.1 Å². The van der Waals surface area contributed by atoms with Crippen LogP contribution in [0.3, 0.4) is 0 Å². The van der Waals surface area contributed by atoms with Crippen molar-refractivity contribution in [3.05, 3.63) is 81.5 Å². The molecule has 1 aliphatic heterocycles. The summed E-state index contributed by atoms with van der Waals surface area (Å²) in [4.78, 5) is 27.9. The number of thiophene rings is 1. The lowest BCUT2D eigenvalue weighted by atomic mass is 9.93. The van der Waals surface area contributed by atoms with Gasteiger partial charge in [-0.1, -0.05) is 12.1 Å². The molecule has 2 amide bonds. The van der Waals surface area contributed by atoms with Gasteiger partial charge in [-0.15, -0.1) is 11.3 Å². The van der Waals surface area contributed by atoms with Gasteiger partial charge in [0.2, 0.25) is 5.91 Å². The van der Waals surface area contributed by atoms with Crippen LogP contribution in [0.1, 0.15) is 39.3 Å². The van der Waals surface area contributed by atoms with Gasteiger partial charge in [0.1, 0.15) is 5.75 Å². The number of methoxy groups -OCH3 is 1. The molecule has 5 nitrogen and oxygen atoms in total. The molecule has 0 spiro atoms. The van der Waals surface area contributed by atoms with E-state index >= 15 is 0 Å². The lowest BCUT2D eigenvalue weighted by Gasteiger charge is -2.35. The first-order valence-corrected chi connectivity index (χ1v) is 10.3. The van der Waals surface area contributed by atoms with E-state index in [4.69, 9.17) is 4.74 Å². The predicted molar refractivity (Wildman–Crippen MR) is 115 cm³/mol. The summed E-state index contributed by atoms with van der Waals surface area (Å²) in [6, 6.07) is 16.7. The molecule has 2 heterocycles. The SMILES string of the molecule is COc1ccc(C(=O)Nc2ccc([C@@H]3c4ccsc4CCN3C(C)=O)cc2)cc1. The maximum atomic E-state index is 12.5. The zero-order chi connectivity index (χ0) is 20.4. The molecule has 29 heavy (non-hydrogen) atoms. The van der Waals surface area contributed by atoms with Gasteiger partial charge in [0, 0.05) is 29.6 Å². The lowest BCUT2D eigenvalue weighted by molar-refractivity contribution is -0.130. The number of hydrogen-bond acceptors (Lipinski definition) is 4. The second kappa shape index (κ2) is 8.09. The van der Waals surface area contributed by atoms with Crippen molar-refractivity contribution >= 4 is 28.8 Å². The largest absolute Gasteiger partial charge is 0.497 e. The van der Waals surface area contributed by atoms with Gasteiger partial charge in [-0.2, -0.15) is 0 Å². The van der Waals surface area contributed by atoms with Gasteiger partial charge in [0.05, 0.1) is 13.2 Å². The summed E-state index contributed by atoms with van der Waals surface area (Å²) in [5, 5.41) is 5.00. The number of ether oxygens (including phenoxy) is 1. The smallest absolute Gasteiger partial charge is 0.255 e. The van der Waals surface area contributed by atoms with Crippen molar-refractivity contribution in [1.82, 2.24) is 4.90 Å². The Labute approximate surface area is 173 Å². The minimum absolute atomic E-state index is 0.0729. The monoisotopic (exact) mass is 406 g/mol. The highest BCUT2D eigenvalue weighted by atomic mass is 32.1. The molecular formula is C23H22N2O3S. The Hall–Kier alpha value is -3.12.